The summed E-state index contributed by atoms with van der Waals surface area (Å²) in [7, 11) is 0. The van der Waals surface area contributed by atoms with E-state index in [1.807, 2.05) is 0 Å². The van der Waals surface area contributed by atoms with Gasteiger partial charge in [-0.3, -0.25) is 19.9 Å². The number of allylic oxidation sites excluding steroid dienone is 2. The molecule has 1 aromatic rings. The number of aromatic nitrogens is 1. The third kappa shape index (κ3) is 2.86. The monoisotopic (exact) mass is 260 g/mol. The summed E-state index contributed by atoms with van der Waals surface area (Å²) in [5.41, 5.74) is 1.23. The van der Waals surface area contributed by atoms with Crippen LogP contribution in [0.5, 0.6) is 0 Å². The number of ketones is 1. The van der Waals surface area contributed by atoms with Gasteiger partial charge in [0.1, 0.15) is 6.20 Å². The summed E-state index contributed by atoms with van der Waals surface area (Å²) in [6, 6.07) is 1.61. The zero-order chi connectivity index (χ0) is 14.0. The molecule has 0 aliphatic heterocycles. The molecule has 0 radical (unpaired) electrons. The second-order valence-corrected chi connectivity index (χ2v) is 5.20. The first-order valence-electron chi connectivity index (χ1n) is 6.31. The molecule has 0 saturated carbocycles. The first-order chi connectivity index (χ1) is 8.99. The Balaban J connectivity index is 2.41. The Morgan fingerprint density at radius 2 is 2.16 bits per heavy atom. The highest BCUT2D eigenvalue weighted by Gasteiger charge is 2.27. The van der Waals surface area contributed by atoms with Crippen LogP contribution in [-0.2, 0) is 4.79 Å². The number of hydrogen-bond donors (Lipinski definition) is 0. The number of hydrogen-bond acceptors (Lipinski definition) is 4. The zero-order valence-electron chi connectivity index (χ0n) is 11.0. The fraction of sp³-hybridized carbons (Fsp3) is 0.429. The Hall–Kier alpha value is -2.04. The van der Waals surface area contributed by atoms with Crippen molar-refractivity contribution >= 4 is 17.0 Å². The van der Waals surface area contributed by atoms with Crippen LogP contribution in [0.1, 0.15) is 32.3 Å². The van der Waals surface area contributed by atoms with Gasteiger partial charge >= 0.3 is 0 Å². The average Bonchev–Trinajstić information content (AvgIpc) is 2.37. The van der Waals surface area contributed by atoms with Crippen LogP contribution in [-0.4, -0.2) is 15.7 Å². The molecule has 5 nitrogen and oxygen atoms in total. The van der Waals surface area contributed by atoms with E-state index in [0.29, 0.717) is 24.3 Å². The van der Waals surface area contributed by atoms with E-state index in [0.717, 1.165) is 5.57 Å². The smallest absolute Gasteiger partial charge is 0.294 e. The highest BCUT2D eigenvalue weighted by Crippen LogP contribution is 2.36. The van der Waals surface area contributed by atoms with Crippen molar-refractivity contribution in [2.75, 3.05) is 0 Å². The maximum absolute atomic E-state index is 11.8. The van der Waals surface area contributed by atoms with Crippen LogP contribution in [0.4, 0.5) is 5.69 Å². The van der Waals surface area contributed by atoms with E-state index >= 15 is 0 Å². The molecule has 1 atom stereocenters. The molecule has 1 heterocycles. The normalized spacial score (nSPS) is 19.4. The summed E-state index contributed by atoms with van der Waals surface area (Å²) in [4.78, 5) is 26.1. The fourth-order valence-electron chi connectivity index (χ4n) is 2.39. The molecule has 1 unspecified atom stereocenters. The van der Waals surface area contributed by atoms with E-state index in [2.05, 4.69) is 18.8 Å². The lowest BCUT2D eigenvalue weighted by molar-refractivity contribution is -0.385. The lowest BCUT2D eigenvalue weighted by atomic mass is 9.79. The number of nitro groups is 1. The summed E-state index contributed by atoms with van der Waals surface area (Å²) < 4.78 is 0. The van der Waals surface area contributed by atoms with E-state index in [-0.39, 0.29) is 17.4 Å². The molecule has 5 heteroatoms. The van der Waals surface area contributed by atoms with Crippen molar-refractivity contribution in [3.63, 3.8) is 0 Å². The molecule has 100 valence electrons. The van der Waals surface area contributed by atoms with Gasteiger partial charge in [0, 0.05) is 12.6 Å². The number of pyridine rings is 1. The lowest BCUT2D eigenvalue weighted by Gasteiger charge is -2.25. The van der Waals surface area contributed by atoms with E-state index in [1.165, 1.54) is 12.4 Å². The molecule has 0 fully saturated rings. The van der Waals surface area contributed by atoms with Gasteiger partial charge in [0.2, 0.25) is 0 Å². The van der Waals surface area contributed by atoms with Gasteiger partial charge in [0.15, 0.2) is 5.78 Å². The van der Waals surface area contributed by atoms with Crippen LogP contribution in [0.25, 0.3) is 5.57 Å². The maximum Gasteiger partial charge on any atom is 0.294 e. The number of carbonyl (C=O) groups is 1. The molecule has 1 aliphatic carbocycles. The Bertz CT molecular complexity index is 549. The highest BCUT2D eigenvalue weighted by molar-refractivity contribution is 5.99. The van der Waals surface area contributed by atoms with Gasteiger partial charge in [0.05, 0.1) is 10.5 Å². The predicted octanol–water partition coefficient (Wildman–Crippen LogP) is 3.01. The van der Waals surface area contributed by atoms with Gasteiger partial charge in [-0.1, -0.05) is 13.8 Å². The molecule has 0 bridgehead atoms. The van der Waals surface area contributed by atoms with Gasteiger partial charge in [-0.2, -0.15) is 0 Å². The third-order valence-electron chi connectivity index (χ3n) is 3.57. The Labute approximate surface area is 111 Å². The van der Waals surface area contributed by atoms with Crippen molar-refractivity contribution in [2.24, 2.45) is 11.8 Å². The third-order valence-corrected chi connectivity index (χ3v) is 3.57. The van der Waals surface area contributed by atoms with Gasteiger partial charge in [0.25, 0.3) is 5.69 Å². The van der Waals surface area contributed by atoms with Crippen LogP contribution < -0.4 is 0 Å². The molecule has 1 aromatic heterocycles. The van der Waals surface area contributed by atoms with E-state index in [9.17, 15) is 14.9 Å². The van der Waals surface area contributed by atoms with Gasteiger partial charge in [-0.05, 0) is 36.0 Å². The van der Waals surface area contributed by atoms with Gasteiger partial charge in [-0.15, -0.1) is 0 Å². The second-order valence-electron chi connectivity index (χ2n) is 5.20. The van der Waals surface area contributed by atoms with Gasteiger partial charge < -0.3 is 0 Å². The number of nitrogens with zero attached hydrogens (tertiary/aromatic N) is 2. The van der Waals surface area contributed by atoms with Crippen molar-refractivity contribution < 1.29 is 9.72 Å². The lowest BCUT2D eigenvalue weighted by Crippen LogP contribution is -2.18. The molecule has 0 spiro atoms. The summed E-state index contributed by atoms with van der Waals surface area (Å²) in [5.74, 6) is 0.680. The first kappa shape index (κ1) is 13.4. The van der Waals surface area contributed by atoms with Crippen LogP contribution >= 0.6 is 0 Å². The Morgan fingerprint density at radius 3 is 2.79 bits per heavy atom. The second kappa shape index (κ2) is 5.30. The summed E-state index contributed by atoms with van der Waals surface area (Å²) in [6.07, 6.45) is 5.53. The molecule has 1 aliphatic rings. The van der Waals surface area contributed by atoms with E-state index in [4.69, 9.17) is 0 Å². The maximum atomic E-state index is 11.8. The first-order valence-corrected chi connectivity index (χ1v) is 6.31. The molecular weight excluding hydrogens is 244 g/mol. The Morgan fingerprint density at radius 1 is 1.42 bits per heavy atom. The largest absolute Gasteiger partial charge is 0.295 e. The van der Waals surface area contributed by atoms with E-state index in [1.54, 1.807) is 12.1 Å². The summed E-state index contributed by atoms with van der Waals surface area (Å²) in [6.45, 7) is 4.14. The summed E-state index contributed by atoms with van der Waals surface area (Å²) >= 11 is 0. The highest BCUT2D eigenvalue weighted by atomic mass is 16.6. The van der Waals surface area contributed by atoms with Crippen molar-refractivity contribution in [3.8, 4) is 0 Å². The van der Waals surface area contributed by atoms with Crippen LogP contribution in [0.15, 0.2) is 24.5 Å². The standard InChI is InChI=1S/C14H16N2O3/c1-9(2)10-5-11(7-12(17)6-10)13-3-4-15-8-14(13)16(18)19/h3-4,7-10H,5-6H2,1-2H3. The topological polar surface area (TPSA) is 73.1 Å². The summed E-state index contributed by atoms with van der Waals surface area (Å²) in [5, 5.41) is 11.0. The number of rotatable bonds is 3. The van der Waals surface area contributed by atoms with Crippen molar-refractivity contribution in [2.45, 2.75) is 26.7 Å². The van der Waals surface area contributed by atoms with Crippen LogP contribution in [0, 0.1) is 22.0 Å². The van der Waals surface area contributed by atoms with Crippen LogP contribution in [0.2, 0.25) is 0 Å². The predicted molar refractivity (Wildman–Crippen MR) is 71.4 cm³/mol. The molecular formula is C14H16N2O3. The number of carbonyl (C=O) groups excluding carboxylic acids is 1. The quantitative estimate of drug-likeness (QED) is 0.618. The molecule has 0 saturated heterocycles. The van der Waals surface area contributed by atoms with E-state index < -0.39 is 4.92 Å². The fourth-order valence-corrected chi connectivity index (χ4v) is 2.39. The average molecular weight is 260 g/mol. The minimum Gasteiger partial charge on any atom is -0.295 e. The Kier molecular flexibility index (Phi) is 3.74. The minimum atomic E-state index is -0.452. The molecule has 0 amide bonds. The molecule has 19 heavy (non-hydrogen) atoms. The molecule has 0 N–H and O–H groups in total. The SMILES string of the molecule is CC(C)C1CC(=O)C=C(c2ccncc2[N+](=O)[O-])C1. The minimum absolute atomic E-state index is 0.0362. The van der Waals surface area contributed by atoms with Crippen LogP contribution in [0.3, 0.4) is 0 Å². The van der Waals surface area contributed by atoms with Crippen molar-refractivity contribution in [1.29, 1.82) is 0 Å². The zero-order valence-corrected chi connectivity index (χ0v) is 11.0. The van der Waals surface area contributed by atoms with Gasteiger partial charge in [-0.25, -0.2) is 0 Å². The molecule has 2 rings (SSSR count). The van der Waals surface area contributed by atoms with Crippen molar-refractivity contribution in [1.82, 2.24) is 4.98 Å². The van der Waals surface area contributed by atoms with Crippen molar-refractivity contribution in [3.05, 3.63) is 40.2 Å². The molecule has 0 aromatic carbocycles.